The van der Waals surface area contributed by atoms with Crippen LogP contribution < -0.4 is 11.1 Å². The van der Waals surface area contributed by atoms with E-state index in [-0.39, 0.29) is 11.7 Å². The number of rotatable bonds is 6. The van der Waals surface area contributed by atoms with Crippen LogP contribution in [0.25, 0.3) is 5.69 Å². The lowest BCUT2D eigenvalue weighted by Crippen LogP contribution is -2.19. The number of nitrogens with one attached hydrogen (secondary N) is 1. The van der Waals surface area contributed by atoms with Crippen molar-refractivity contribution in [1.82, 2.24) is 9.55 Å². The standard InChI is InChI=1S/C20H20N4O2S2/c1-12-4-2-5-13(10-12)24-9-8-22-20(24)27-11-16(25)23-19-17(18(21)26)14-6-3-7-15(14)28-19/h2,4-5,8-10H,3,6-7,11H2,1H3,(H2,21,26)(H,23,25). The fourth-order valence-corrected chi connectivity index (χ4v) is 5.50. The van der Waals surface area contributed by atoms with Crippen molar-refractivity contribution in [2.45, 2.75) is 31.3 Å². The van der Waals surface area contributed by atoms with Crippen molar-refractivity contribution in [2.24, 2.45) is 5.73 Å². The van der Waals surface area contributed by atoms with Crippen LogP contribution in [-0.2, 0) is 17.6 Å². The van der Waals surface area contributed by atoms with E-state index in [1.54, 1.807) is 6.20 Å². The molecule has 2 aromatic heterocycles. The van der Waals surface area contributed by atoms with E-state index in [4.69, 9.17) is 5.73 Å². The van der Waals surface area contributed by atoms with Crippen molar-refractivity contribution in [3.05, 3.63) is 58.2 Å². The number of carbonyl (C=O) groups excluding carboxylic acids is 2. The number of thiophene rings is 1. The van der Waals surface area contributed by atoms with Crippen LogP contribution in [-0.4, -0.2) is 27.1 Å². The minimum atomic E-state index is -0.475. The molecule has 2 amide bonds. The molecule has 0 saturated carbocycles. The van der Waals surface area contributed by atoms with Gasteiger partial charge in [0.15, 0.2) is 5.16 Å². The summed E-state index contributed by atoms with van der Waals surface area (Å²) in [4.78, 5) is 29.9. The number of primary amides is 1. The van der Waals surface area contributed by atoms with Gasteiger partial charge in [-0.25, -0.2) is 4.98 Å². The summed E-state index contributed by atoms with van der Waals surface area (Å²) in [7, 11) is 0. The van der Waals surface area contributed by atoms with Crippen LogP contribution in [0.5, 0.6) is 0 Å². The molecule has 0 unspecified atom stereocenters. The molecule has 0 fully saturated rings. The zero-order chi connectivity index (χ0) is 19.7. The maximum absolute atomic E-state index is 12.5. The average Bonchev–Trinajstić information content (AvgIpc) is 3.35. The van der Waals surface area contributed by atoms with Crippen molar-refractivity contribution in [3.8, 4) is 5.69 Å². The first-order chi connectivity index (χ1) is 13.5. The Morgan fingerprint density at radius 2 is 2.21 bits per heavy atom. The Morgan fingerprint density at radius 3 is 3.00 bits per heavy atom. The molecule has 1 aliphatic rings. The van der Waals surface area contributed by atoms with E-state index >= 15 is 0 Å². The summed E-state index contributed by atoms with van der Waals surface area (Å²) in [6.07, 6.45) is 6.43. The molecule has 8 heteroatoms. The van der Waals surface area contributed by atoms with Gasteiger partial charge in [0.2, 0.25) is 5.91 Å². The van der Waals surface area contributed by atoms with Crippen LogP contribution in [0, 0.1) is 6.92 Å². The summed E-state index contributed by atoms with van der Waals surface area (Å²) in [5.74, 6) is -0.451. The monoisotopic (exact) mass is 412 g/mol. The summed E-state index contributed by atoms with van der Waals surface area (Å²) in [5.41, 5.74) is 9.21. The Balaban J connectivity index is 1.46. The first kappa shape index (κ1) is 18.8. The summed E-state index contributed by atoms with van der Waals surface area (Å²) in [6, 6.07) is 8.10. The number of hydrogen-bond acceptors (Lipinski definition) is 5. The number of aromatic nitrogens is 2. The summed E-state index contributed by atoms with van der Waals surface area (Å²) < 4.78 is 1.96. The maximum atomic E-state index is 12.5. The second-order valence-corrected chi connectivity index (χ2v) is 8.73. The van der Waals surface area contributed by atoms with Crippen LogP contribution in [0.3, 0.4) is 0 Å². The highest BCUT2D eigenvalue weighted by atomic mass is 32.2. The SMILES string of the molecule is Cc1cccc(-n2ccnc2SCC(=O)Nc2sc3c(c2C(N)=O)CCC3)c1. The van der Waals surface area contributed by atoms with Gasteiger partial charge < -0.3 is 11.1 Å². The Labute approximate surface area is 171 Å². The molecule has 2 heterocycles. The van der Waals surface area contributed by atoms with E-state index in [9.17, 15) is 9.59 Å². The largest absolute Gasteiger partial charge is 0.365 e. The lowest BCUT2D eigenvalue weighted by molar-refractivity contribution is -0.113. The van der Waals surface area contributed by atoms with Gasteiger partial charge in [0.25, 0.3) is 5.91 Å². The molecule has 3 aromatic rings. The molecule has 28 heavy (non-hydrogen) atoms. The van der Waals surface area contributed by atoms with E-state index in [0.29, 0.717) is 10.6 Å². The molecule has 0 radical (unpaired) electrons. The number of amides is 2. The van der Waals surface area contributed by atoms with Gasteiger partial charge in [-0.05, 0) is 49.4 Å². The lowest BCUT2D eigenvalue weighted by atomic mass is 10.1. The van der Waals surface area contributed by atoms with Crippen molar-refractivity contribution in [1.29, 1.82) is 0 Å². The van der Waals surface area contributed by atoms with Crippen molar-refractivity contribution < 1.29 is 9.59 Å². The first-order valence-corrected chi connectivity index (χ1v) is 10.8. The van der Waals surface area contributed by atoms with Crippen molar-refractivity contribution in [3.63, 3.8) is 0 Å². The zero-order valence-electron chi connectivity index (χ0n) is 15.4. The van der Waals surface area contributed by atoms with E-state index < -0.39 is 5.91 Å². The molecule has 0 bridgehead atoms. The molecule has 0 atom stereocenters. The van der Waals surface area contributed by atoms with Gasteiger partial charge in [0.1, 0.15) is 5.00 Å². The number of nitrogens with zero attached hydrogens (tertiary/aromatic N) is 2. The minimum absolute atomic E-state index is 0.175. The van der Waals surface area contributed by atoms with Gasteiger partial charge in [0, 0.05) is 23.0 Å². The Hall–Kier alpha value is -2.58. The molecular formula is C20H20N4O2S2. The van der Waals surface area contributed by atoms with Gasteiger partial charge >= 0.3 is 0 Å². The number of benzene rings is 1. The van der Waals surface area contributed by atoms with Crippen LogP contribution in [0.4, 0.5) is 5.00 Å². The van der Waals surface area contributed by atoms with Crippen molar-refractivity contribution >= 4 is 39.9 Å². The summed E-state index contributed by atoms with van der Waals surface area (Å²) in [5, 5.41) is 4.19. The first-order valence-electron chi connectivity index (χ1n) is 9.00. The molecule has 144 valence electrons. The Kier molecular flexibility index (Phi) is 5.23. The fourth-order valence-electron chi connectivity index (χ4n) is 3.42. The van der Waals surface area contributed by atoms with E-state index in [1.807, 2.05) is 35.9 Å². The number of carbonyl (C=O) groups is 2. The predicted molar refractivity (Wildman–Crippen MR) is 113 cm³/mol. The van der Waals surface area contributed by atoms with E-state index in [2.05, 4.69) is 16.4 Å². The number of aryl methyl sites for hydroxylation is 2. The molecule has 6 nitrogen and oxygen atoms in total. The van der Waals surface area contributed by atoms with Gasteiger partial charge in [-0.3, -0.25) is 14.2 Å². The highest BCUT2D eigenvalue weighted by Gasteiger charge is 2.26. The number of anilines is 1. The number of thioether (sulfide) groups is 1. The second-order valence-electron chi connectivity index (χ2n) is 6.68. The predicted octanol–water partition coefficient (Wildman–Crippen LogP) is 3.56. The third-order valence-electron chi connectivity index (χ3n) is 4.64. The number of fused-ring (bicyclic) bond motifs is 1. The third kappa shape index (κ3) is 3.70. The molecule has 1 aromatic carbocycles. The van der Waals surface area contributed by atoms with Crippen LogP contribution in [0.15, 0.2) is 41.8 Å². The molecule has 0 aliphatic heterocycles. The van der Waals surface area contributed by atoms with Gasteiger partial charge in [-0.2, -0.15) is 0 Å². The number of nitrogens with two attached hydrogens (primary N) is 1. The van der Waals surface area contributed by atoms with Gasteiger partial charge in [-0.1, -0.05) is 23.9 Å². The van der Waals surface area contributed by atoms with Crippen LogP contribution in [0.1, 0.15) is 32.8 Å². The zero-order valence-corrected chi connectivity index (χ0v) is 17.0. The highest BCUT2D eigenvalue weighted by molar-refractivity contribution is 7.99. The second kappa shape index (κ2) is 7.81. The molecule has 0 spiro atoms. The number of imidazole rings is 1. The Bertz CT molecular complexity index is 1050. The average molecular weight is 413 g/mol. The minimum Gasteiger partial charge on any atom is -0.365 e. The molecule has 3 N–H and O–H groups in total. The molecule has 4 rings (SSSR count). The third-order valence-corrected chi connectivity index (χ3v) is 6.81. The van der Waals surface area contributed by atoms with Crippen molar-refractivity contribution in [2.75, 3.05) is 11.1 Å². The number of hydrogen-bond donors (Lipinski definition) is 2. The van der Waals surface area contributed by atoms with Crippen LogP contribution >= 0.6 is 23.1 Å². The van der Waals surface area contributed by atoms with Crippen LogP contribution in [0.2, 0.25) is 0 Å². The molecule has 1 aliphatic carbocycles. The Morgan fingerprint density at radius 1 is 1.36 bits per heavy atom. The van der Waals surface area contributed by atoms with E-state index in [0.717, 1.165) is 46.1 Å². The smallest absolute Gasteiger partial charge is 0.251 e. The molecule has 0 saturated heterocycles. The summed E-state index contributed by atoms with van der Waals surface area (Å²) >= 11 is 2.82. The topological polar surface area (TPSA) is 90.0 Å². The summed E-state index contributed by atoms with van der Waals surface area (Å²) in [6.45, 7) is 2.04. The van der Waals surface area contributed by atoms with Gasteiger partial charge in [0.05, 0.1) is 11.3 Å². The lowest BCUT2D eigenvalue weighted by Gasteiger charge is -2.09. The quantitative estimate of drug-likeness (QED) is 0.606. The van der Waals surface area contributed by atoms with Gasteiger partial charge in [-0.15, -0.1) is 11.3 Å². The highest BCUT2D eigenvalue weighted by Crippen LogP contribution is 2.38. The fraction of sp³-hybridized carbons (Fsp3) is 0.250. The normalized spacial score (nSPS) is 12.8. The van der Waals surface area contributed by atoms with E-state index in [1.165, 1.54) is 23.1 Å². The molecular weight excluding hydrogens is 392 g/mol. The maximum Gasteiger partial charge on any atom is 0.251 e.